The monoisotopic (exact) mass is 396 g/mol. The lowest BCUT2D eigenvalue weighted by molar-refractivity contribution is 0.0968. The first kappa shape index (κ1) is 19.6. The third-order valence-corrected chi connectivity index (χ3v) is 6.17. The average Bonchev–Trinajstić information content (AvgIpc) is 3.24. The second-order valence-corrected chi connectivity index (χ2v) is 9.40. The molecule has 1 aliphatic heterocycles. The SMILES string of the molecule is CC(C)(C)c1cnc(CN2CCN(S(=O)(=O)c3ccc(C(N)=O)o3)CC2)o1. The van der Waals surface area contributed by atoms with Crippen LogP contribution < -0.4 is 5.73 Å². The molecule has 0 bridgehead atoms. The van der Waals surface area contributed by atoms with Gasteiger partial charge in [0.1, 0.15) is 5.76 Å². The largest absolute Gasteiger partial charge is 0.444 e. The molecule has 1 aliphatic rings. The van der Waals surface area contributed by atoms with Crippen LogP contribution >= 0.6 is 0 Å². The summed E-state index contributed by atoms with van der Waals surface area (Å²) in [7, 11) is -3.79. The number of amides is 1. The van der Waals surface area contributed by atoms with Crippen molar-refractivity contribution in [2.75, 3.05) is 26.2 Å². The molecule has 2 aromatic rings. The van der Waals surface area contributed by atoms with Crippen LogP contribution in [-0.2, 0) is 22.0 Å². The summed E-state index contributed by atoms with van der Waals surface area (Å²) in [6.07, 6.45) is 1.74. The molecular weight excluding hydrogens is 372 g/mol. The molecular formula is C17H24N4O5S. The number of nitrogens with zero attached hydrogens (tertiary/aromatic N) is 3. The molecule has 0 aromatic carbocycles. The van der Waals surface area contributed by atoms with E-state index in [0.29, 0.717) is 38.6 Å². The van der Waals surface area contributed by atoms with Crippen LogP contribution in [0.5, 0.6) is 0 Å². The number of hydrogen-bond acceptors (Lipinski definition) is 7. The number of sulfonamides is 1. The van der Waals surface area contributed by atoms with Crippen molar-refractivity contribution in [3.63, 3.8) is 0 Å². The zero-order valence-corrected chi connectivity index (χ0v) is 16.5. The minimum atomic E-state index is -3.79. The van der Waals surface area contributed by atoms with E-state index in [1.165, 1.54) is 16.4 Å². The van der Waals surface area contributed by atoms with Crippen molar-refractivity contribution in [3.8, 4) is 0 Å². The third kappa shape index (κ3) is 4.23. The second kappa shape index (κ2) is 7.10. The number of primary amides is 1. The fourth-order valence-corrected chi connectivity index (χ4v) is 4.10. The van der Waals surface area contributed by atoms with Crippen molar-refractivity contribution in [2.45, 2.75) is 37.8 Å². The van der Waals surface area contributed by atoms with Gasteiger partial charge in [-0.3, -0.25) is 9.69 Å². The third-order valence-electron chi connectivity index (χ3n) is 4.40. The molecule has 0 aliphatic carbocycles. The van der Waals surface area contributed by atoms with Gasteiger partial charge in [0.05, 0.1) is 12.7 Å². The maximum atomic E-state index is 12.6. The van der Waals surface area contributed by atoms with Crippen LogP contribution in [0.3, 0.4) is 0 Å². The van der Waals surface area contributed by atoms with E-state index < -0.39 is 15.9 Å². The Balaban J connectivity index is 1.61. The van der Waals surface area contributed by atoms with E-state index in [1.54, 1.807) is 6.20 Å². The van der Waals surface area contributed by atoms with E-state index in [2.05, 4.69) is 30.7 Å². The van der Waals surface area contributed by atoms with E-state index in [1.807, 2.05) is 0 Å². The van der Waals surface area contributed by atoms with Gasteiger partial charge < -0.3 is 14.6 Å². The Bertz CT molecular complexity index is 917. The number of hydrogen-bond donors (Lipinski definition) is 1. The summed E-state index contributed by atoms with van der Waals surface area (Å²) in [5.41, 5.74) is 5.00. The van der Waals surface area contributed by atoms with E-state index in [0.717, 1.165) is 5.76 Å². The summed E-state index contributed by atoms with van der Waals surface area (Å²) >= 11 is 0. The molecule has 3 rings (SSSR count). The molecule has 2 aromatic heterocycles. The molecule has 1 saturated heterocycles. The summed E-state index contributed by atoms with van der Waals surface area (Å²) in [4.78, 5) is 17.5. The van der Waals surface area contributed by atoms with Gasteiger partial charge >= 0.3 is 0 Å². The molecule has 3 heterocycles. The lowest BCUT2D eigenvalue weighted by atomic mass is 9.94. The van der Waals surface area contributed by atoms with Gasteiger partial charge in [-0.15, -0.1) is 0 Å². The van der Waals surface area contributed by atoms with Gasteiger partial charge in [0, 0.05) is 31.6 Å². The van der Waals surface area contributed by atoms with Crippen molar-refractivity contribution >= 4 is 15.9 Å². The van der Waals surface area contributed by atoms with E-state index >= 15 is 0 Å². The predicted octanol–water partition coefficient (Wildman–Crippen LogP) is 1.17. The van der Waals surface area contributed by atoms with Gasteiger partial charge in [-0.1, -0.05) is 20.8 Å². The average molecular weight is 396 g/mol. The van der Waals surface area contributed by atoms with Crippen LogP contribution in [0.15, 0.2) is 32.3 Å². The van der Waals surface area contributed by atoms with Gasteiger partial charge in [-0.05, 0) is 12.1 Å². The number of aromatic nitrogens is 1. The van der Waals surface area contributed by atoms with Gasteiger partial charge in [-0.25, -0.2) is 13.4 Å². The van der Waals surface area contributed by atoms with E-state index in [9.17, 15) is 13.2 Å². The Morgan fingerprint density at radius 2 is 1.85 bits per heavy atom. The molecule has 0 atom stereocenters. The topological polar surface area (TPSA) is 123 Å². The molecule has 27 heavy (non-hydrogen) atoms. The quantitative estimate of drug-likeness (QED) is 0.805. The fourth-order valence-electron chi connectivity index (χ4n) is 2.77. The molecule has 0 radical (unpaired) electrons. The van der Waals surface area contributed by atoms with Crippen LogP contribution in [0, 0.1) is 0 Å². The van der Waals surface area contributed by atoms with E-state index in [-0.39, 0.29) is 16.3 Å². The normalized spacial score (nSPS) is 17.3. The maximum Gasteiger partial charge on any atom is 0.284 e. The van der Waals surface area contributed by atoms with Gasteiger partial charge in [0.15, 0.2) is 5.76 Å². The van der Waals surface area contributed by atoms with Crippen molar-refractivity contribution in [1.82, 2.24) is 14.2 Å². The Morgan fingerprint density at radius 3 is 2.37 bits per heavy atom. The summed E-state index contributed by atoms with van der Waals surface area (Å²) in [5, 5.41) is -0.271. The van der Waals surface area contributed by atoms with Crippen molar-refractivity contribution in [2.24, 2.45) is 5.73 Å². The molecule has 0 unspecified atom stereocenters. The van der Waals surface area contributed by atoms with Gasteiger partial charge in [0.25, 0.3) is 15.9 Å². The number of oxazole rings is 1. The molecule has 148 valence electrons. The number of rotatable bonds is 5. The zero-order chi connectivity index (χ0) is 19.8. The summed E-state index contributed by atoms with van der Waals surface area (Å²) in [6, 6.07) is 2.52. The molecule has 10 heteroatoms. The molecule has 1 amide bonds. The van der Waals surface area contributed by atoms with Crippen molar-refractivity contribution in [3.05, 3.63) is 35.7 Å². The van der Waals surface area contributed by atoms with Gasteiger partial charge in [0.2, 0.25) is 11.0 Å². The molecule has 0 spiro atoms. The fraction of sp³-hybridized carbons (Fsp3) is 0.529. The highest BCUT2D eigenvalue weighted by molar-refractivity contribution is 7.89. The first-order valence-electron chi connectivity index (χ1n) is 8.65. The molecule has 9 nitrogen and oxygen atoms in total. The van der Waals surface area contributed by atoms with Crippen LogP contribution in [0.25, 0.3) is 0 Å². The second-order valence-electron chi connectivity index (χ2n) is 7.53. The smallest absolute Gasteiger partial charge is 0.284 e. The number of carbonyl (C=O) groups is 1. The first-order chi connectivity index (χ1) is 12.6. The van der Waals surface area contributed by atoms with Crippen LogP contribution in [0.4, 0.5) is 0 Å². The Hall–Kier alpha value is -2.17. The lowest BCUT2D eigenvalue weighted by Gasteiger charge is -2.32. The number of nitrogens with two attached hydrogens (primary N) is 1. The Labute approximate surface area is 158 Å². The summed E-state index contributed by atoms with van der Waals surface area (Å²) < 4.78 is 37.5. The number of piperazine rings is 1. The Kier molecular flexibility index (Phi) is 5.15. The van der Waals surface area contributed by atoms with Gasteiger partial charge in [-0.2, -0.15) is 4.31 Å². The first-order valence-corrected chi connectivity index (χ1v) is 10.1. The summed E-state index contributed by atoms with van der Waals surface area (Å²) in [5.74, 6) is 0.461. The van der Waals surface area contributed by atoms with Crippen LogP contribution in [0.2, 0.25) is 0 Å². The Morgan fingerprint density at radius 1 is 1.19 bits per heavy atom. The highest BCUT2D eigenvalue weighted by atomic mass is 32.2. The zero-order valence-electron chi connectivity index (χ0n) is 15.6. The number of furan rings is 1. The summed E-state index contributed by atoms with van der Waals surface area (Å²) in [6.45, 7) is 8.38. The molecule has 0 saturated carbocycles. The van der Waals surface area contributed by atoms with Crippen LogP contribution in [-0.4, -0.2) is 54.7 Å². The minimum absolute atomic E-state index is 0.106. The molecule has 1 fully saturated rings. The molecule has 2 N–H and O–H groups in total. The standard InChI is InChI=1S/C17H24N4O5S/c1-17(2,3)13-10-19-14(26-13)11-20-6-8-21(9-7-20)27(23,24)15-5-4-12(25-15)16(18)22/h4-5,10H,6-9,11H2,1-3H3,(H2,18,22). The maximum absolute atomic E-state index is 12.6. The van der Waals surface area contributed by atoms with E-state index in [4.69, 9.17) is 14.6 Å². The van der Waals surface area contributed by atoms with Crippen molar-refractivity contribution < 1.29 is 22.0 Å². The number of carbonyl (C=O) groups excluding carboxylic acids is 1. The highest BCUT2D eigenvalue weighted by Crippen LogP contribution is 2.24. The minimum Gasteiger partial charge on any atom is -0.444 e. The predicted molar refractivity (Wildman–Crippen MR) is 96.5 cm³/mol. The highest BCUT2D eigenvalue weighted by Gasteiger charge is 2.32. The van der Waals surface area contributed by atoms with Crippen molar-refractivity contribution in [1.29, 1.82) is 0 Å². The lowest BCUT2D eigenvalue weighted by Crippen LogP contribution is -2.48. The van der Waals surface area contributed by atoms with Crippen LogP contribution in [0.1, 0.15) is 43.0 Å².